The molecule has 0 bridgehead atoms. The van der Waals surface area contributed by atoms with Crippen LogP contribution in [0.15, 0.2) is 24.3 Å². The lowest BCUT2D eigenvalue weighted by Crippen LogP contribution is -2.27. The first kappa shape index (κ1) is 15.2. The van der Waals surface area contributed by atoms with Crippen molar-refractivity contribution in [2.24, 2.45) is 0 Å². The third kappa shape index (κ3) is 3.19. The number of nitrogens with one attached hydrogen (secondary N) is 1. The van der Waals surface area contributed by atoms with Gasteiger partial charge in [-0.2, -0.15) is 5.10 Å². The molecule has 0 unspecified atom stereocenters. The SMILES string of the molecule is CCn1nc(Cc2ccc(F)c(F)c2)cc1C1CCNCC1. The van der Waals surface area contributed by atoms with Gasteiger partial charge in [0.05, 0.1) is 5.69 Å². The number of piperidine rings is 1. The molecule has 3 rings (SSSR count). The molecule has 3 nitrogen and oxygen atoms in total. The number of benzene rings is 1. The van der Waals surface area contributed by atoms with Gasteiger partial charge in [-0.05, 0) is 56.6 Å². The second kappa shape index (κ2) is 6.57. The van der Waals surface area contributed by atoms with Crippen LogP contribution in [0.2, 0.25) is 0 Å². The highest BCUT2D eigenvalue weighted by molar-refractivity contribution is 5.25. The maximum atomic E-state index is 13.3. The number of aromatic nitrogens is 2. The molecule has 0 atom stereocenters. The van der Waals surface area contributed by atoms with E-state index in [-0.39, 0.29) is 0 Å². The first-order chi connectivity index (χ1) is 10.7. The molecule has 0 radical (unpaired) electrons. The maximum absolute atomic E-state index is 13.3. The van der Waals surface area contributed by atoms with E-state index in [4.69, 9.17) is 0 Å². The molecule has 1 aliphatic heterocycles. The molecule has 1 aromatic heterocycles. The highest BCUT2D eigenvalue weighted by atomic mass is 19.2. The van der Waals surface area contributed by atoms with E-state index in [0.717, 1.165) is 43.7 Å². The summed E-state index contributed by atoms with van der Waals surface area (Å²) in [5.74, 6) is -1.07. The summed E-state index contributed by atoms with van der Waals surface area (Å²) < 4.78 is 28.4. The summed E-state index contributed by atoms with van der Waals surface area (Å²) >= 11 is 0. The van der Waals surface area contributed by atoms with Gasteiger partial charge < -0.3 is 5.32 Å². The van der Waals surface area contributed by atoms with Crippen molar-refractivity contribution in [1.29, 1.82) is 0 Å². The van der Waals surface area contributed by atoms with Gasteiger partial charge >= 0.3 is 0 Å². The Kier molecular flexibility index (Phi) is 4.52. The molecular formula is C17H21F2N3. The lowest BCUT2D eigenvalue weighted by Gasteiger charge is -2.23. The van der Waals surface area contributed by atoms with E-state index in [1.54, 1.807) is 6.07 Å². The summed E-state index contributed by atoms with van der Waals surface area (Å²) in [6, 6.07) is 6.17. The summed E-state index contributed by atoms with van der Waals surface area (Å²) in [7, 11) is 0. The summed E-state index contributed by atoms with van der Waals surface area (Å²) in [5, 5.41) is 8.00. The van der Waals surface area contributed by atoms with Gasteiger partial charge in [-0.3, -0.25) is 4.68 Å². The van der Waals surface area contributed by atoms with Gasteiger partial charge in [0.1, 0.15) is 0 Å². The largest absolute Gasteiger partial charge is 0.317 e. The van der Waals surface area contributed by atoms with Crippen LogP contribution >= 0.6 is 0 Å². The van der Waals surface area contributed by atoms with E-state index < -0.39 is 11.6 Å². The summed E-state index contributed by atoms with van der Waals surface area (Å²) in [5.41, 5.74) is 2.93. The normalized spacial score (nSPS) is 16.1. The Morgan fingerprint density at radius 3 is 2.64 bits per heavy atom. The first-order valence-corrected chi connectivity index (χ1v) is 7.88. The van der Waals surface area contributed by atoms with Crippen molar-refractivity contribution >= 4 is 0 Å². The molecule has 2 heterocycles. The Morgan fingerprint density at radius 2 is 1.95 bits per heavy atom. The Balaban J connectivity index is 1.81. The minimum Gasteiger partial charge on any atom is -0.317 e. The summed E-state index contributed by atoms with van der Waals surface area (Å²) in [6.45, 7) is 4.99. The molecule has 5 heteroatoms. The van der Waals surface area contributed by atoms with E-state index in [1.807, 2.05) is 4.68 Å². The lowest BCUT2D eigenvalue weighted by molar-refractivity contribution is 0.432. The molecule has 0 aliphatic carbocycles. The molecule has 1 saturated heterocycles. The van der Waals surface area contributed by atoms with Crippen LogP contribution in [0.25, 0.3) is 0 Å². The fraction of sp³-hybridized carbons (Fsp3) is 0.471. The van der Waals surface area contributed by atoms with Gasteiger partial charge in [-0.25, -0.2) is 8.78 Å². The Bertz CT molecular complexity index is 645. The number of halogens is 2. The Labute approximate surface area is 129 Å². The maximum Gasteiger partial charge on any atom is 0.159 e. The van der Waals surface area contributed by atoms with Crippen LogP contribution in [-0.4, -0.2) is 22.9 Å². The van der Waals surface area contributed by atoms with E-state index >= 15 is 0 Å². The molecule has 1 fully saturated rings. The minimum absolute atomic E-state index is 0.530. The van der Waals surface area contributed by atoms with Gasteiger partial charge in [-0.1, -0.05) is 6.07 Å². The van der Waals surface area contributed by atoms with Crippen molar-refractivity contribution in [2.45, 2.75) is 38.6 Å². The fourth-order valence-electron chi connectivity index (χ4n) is 3.13. The highest BCUT2D eigenvalue weighted by Crippen LogP contribution is 2.26. The average molecular weight is 305 g/mol. The quantitative estimate of drug-likeness (QED) is 0.940. The zero-order valence-corrected chi connectivity index (χ0v) is 12.8. The predicted octanol–water partition coefficient (Wildman–Crippen LogP) is 3.24. The van der Waals surface area contributed by atoms with Crippen LogP contribution in [-0.2, 0) is 13.0 Å². The molecule has 0 spiro atoms. The van der Waals surface area contributed by atoms with Gasteiger partial charge in [0.2, 0.25) is 0 Å². The Morgan fingerprint density at radius 1 is 1.18 bits per heavy atom. The van der Waals surface area contributed by atoms with Gasteiger partial charge in [0, 0.05) is 24.6 Å². The van der Waals surface area contributed by atoms with Crippen LogP contribution in [0, 0.1) is 11.6 Å². The van der Waals surface area contributed by atoms with E-state index in [1.165, 1.54) is 17.8 Å². The number of nitrogens with zero attached hydrogens (tertiary/aromatic N) is 2. The number of hydrogen-bond donors (Lipinski definition) is 1. The van der Waals surface area contributed by atoms with E-state index in [2.05, 4.69) is 23.4 Å². The summed E-state index contributed by atoms with van der Waals surface area (Å²) in [4.78, 5) is 0. The van der Waals surface area contributed by atoms with Gasteiger partial charge in [-0.15, -0.1) is 0 Å². The predicted molar refractivity (Wildman–Crippen MR) is 81.9 cm³/mol. The van der Waals surface area contributed by atoms with Crippen molar-refractivity contribution in [2.75, 3.05) is 13.1 Å². The molecule has 118 valence electrons. The van der Waals surface area contributed by atoms with E-state index in [9.17, 15) is 8.78 Å². The molecule has 22 heavy (non-hydrogen) atoms. The summed E-state index contributed by atoms with van der Waals surface area (Å²) in [6.07, 6.45) is 2.77. The molecule has 1 aromatic carbocycles. The highest BCUT2D eigenvalue weighted by Gasteiger charge is 2.20. The molecule has 2 aromatic rings. The molecule has 0 amide bonds. The van der Waals surface area contributed by atoms with Crippen molar-refractivity contribution in [1.82, 2.24) is 15.1 Å². The van der Waals surface area contributed by atoms with E-state index in [0.29, 0.717) is 12.3 Å². The number of hydrogen-bond acceptors (Lipinski definition) is 2. The standard InChI is InChI=1S/C17H21F2N3/c1-2-22-17(13-5-7-20-8-6-13)11-14(21-22)9-12-3-4-15(18)16(19)10-12/h3-4,10-11,13,20H,2,5-9H2,1H3. The van der Waals surface area contributed by atoms with Crippen molar-refractivity contribution in [3.63, 3.8) is 0 Å². The minimum atomic E-state index is -0.807. The van der Waals surface area contributed by atoms with Crippen LogP contribution < -0.4 is 5.32 Å². The lowest BCUT2D eigenvalue weighted by atomic mass is 9.94. The van der Waals surface area contributed by atoms with Crippen LogP contribution in [0.1, 0.15) is 42.6 Å². The monoisotopic (exact) mass is 305 g/mol. The molecule has 0 saturated carbocycles. The zero-order chi connectivity index (χ0) is 15.5. The van der Waals surface area contributed by atoms with Crippen molar-refractivity contribution < 1.29 is 8.78 Å². The average Bonchev–Trinajstić information content (AvgIpc) is 2.95. The molecule has 1 N–H and O–H groups in total. The molecule has 1 aliphatic rings. The number of rotatable bonds is 4. The van der Waals surface area contributed by atoms with Gasteiger partial charge in [0.25, 0.3) is 0 Å². The third-order valence-electron chi connectivity index (χ3n) is 4.29. The Hall–Kier alpha value is -1.75. The fourth-order valence-corrected chi connectivity index (χ4v) is 3.13. The van der Waals surface area contributed by atoms with Crippen LogP contribution in [0.3, 0.4) is 0 Å². The van der Waals surface area contributed by atoms with Crippen LogP contribution in [0.5, 0.6) is 0 Å². The second-order valence-corrected chi connectivity index (χ2v) is 5.83. The van der Waals surface area contributed by atoms with Crippen LogP contribution in [0.4, 0.5) is 8.78 Å². The van der Waals surface area contributed by atoms with Crippen molar-refractivity contribution in [3.05, 3.63) is 52.9 Å². The van der Waals surface area contributed by atoms with Gasteiger partial charge in [0.15, 0.2) is 11.6 Å². The molecular weight excluding hydrogens is 284 g/mol. The first-order valence-electron chi connectivity index (χ1n) is 7.88. The number of aryl methyl sites for hydroxylation is 1. The third-order valence-corrected chi connectivity index (χ3v) is 4.29. The second-order valence-electron chi connectivity index (χ2n) is 5.83. The topological polar surface area (TPSA) is 29.9 Å². The zero-order valence-electron chi connectivity index (χ0n) is 12.8. The smallest absolute Gasteiger partial charge is 0.159 e. The van der Waals surface area contributed by atoms with Crippen molar-refractivity contribution in [3.8, 4) is 0 Å².